The minimum Gasteiger partial charge on any atom is -0.346 e. The molecule has 0 aliphatic rings. The van der Waals surface area contributed by atoms with Crippen molar-refractivity contribution in [1.29, 1.82) is 0 Å². The van der Waals surface area contributed by atoms with Crippen molar-refractivity contribution >= 4 is 22.8 Å². The number of hydrogen-bond acceptors (Lipinski definition) is 3. The third-order valence-electron chi connectivity index (χ3n) is 4.62. The van der Waals surface area contributed by atoms with Crippen molar-refractivity contribution in [2.75, 3.05) is 0 Å². The molecule has 0 bridgehead atoms. The first-order valence-electron chi connectivity index (χ1n) is 9.81. The van der Waals surface area contributed by atoms with Gasteiger partial charge < -0.3 is 14.8 Å². The first-order valence-corrected chi connectivity index (χ1v) is 9.81. The maximum Gasteiger partial charge on any atom is 0.243 e. The van der Waals surface area contributed by atoms with E-state index >= 15 is 0 Å². The van der Waals surface area contributed by atoms with Gasteiger partial charge in [-0.15, -0.1) is 0 Å². The summed E-state index contributed by atoms with van der Waals surface area (Å²) in [6.07, 6.45) is 1.28. The third kappa shape index (κ3) is 4.87. The van der Waals surface area contributed by atoms with Gasteiger partial charge >= 0.3 is 0 Å². The molecule has 27 heavy (non-hydrogen) atoms. The standard InChI is InChI=1S/C21H32N4O2/c1-7-10-19(26)22-16(6)21-23-17-11-8-9-12-18(17)24(21)13-20(27)25(14(2)3)15(4)5/h8-9,11-12,14-16H,7,10,13H2,1-6H3,(H,22,26). The molecule has 0 radical (unpaired) electrons. The highest BCUT2D eigenvalue weighted by atomic mass is 16.2. The van der Waals surface area contributed by atoms with Gasteiger partial charge in [0.2, 0.25) is 11.8 Å². The molecular weight excluding hydrogens is 340 g/mol. The number of fused-ring (bicyclic) bond motifs is 1. The number of rotatable bonds is 8. The second kappa shape index (κ2) is 9.02. The average Bonchev–Trinajstić information content (AvgIpc) is 2.93. The zero-order chi connectivity index (χ0) is 20.1. The molecule has 0 saturated carbocycles. The van der Waals surface area contributed by atoms with Crippen LogP contribution in [0.1, 0.15) is 66.3 Å². The monoisotopic (exact) mass is 372 g/mol. The largest absolute Gasteiger partial charge is 0.346 e. The maximum absolute atomic E-state index is 13.0. The average molecular weight is 373 g/mol. The Hall–Kier alpha value is -2.37. The van der Waals surface area contributed by atoms with Crippen LogP contribution in [-0.2, 0) is 16.1 Å². The molecule has 148 valence electrons. The number of hydrogen-bond donors (Lipinski definition) is 1. The van der Waals surface area contributed by atoms with E-state index in [0.717, 1.165) is 17.5 Å². The Kier molecular flexibility index (Phi) is 6.99. The summed E-state index contributed by atoms with van der Waals surface area (Å²) >= 11 is 0. The number of nitrogens with zero attached hydrogens (tertiary/aromatic N) is 3. The second-order valence-corrected chi connectivity index (χ2v) is 7.57. The number of para-hydroxylation sites is 2. The van der Waals surface area contributed by atoms with Crippen LogP contribution in [-0.4, -0.2) is 38.3 Å². The van der Waals surface area contributed by atoms with Gasteiger partial charge in [0.25, 0.3) is 0 Å². The van der Waals surface area contributed by atoms with Crippen LogP contribution in [0, 0.1) is 0 Å². The van der Waals surface area contributed by atoms with Gasteiger partial charge in [-0.3, -0.25) is 9.59 Å². The molecule has 0 fully saturated rings. The highest BCUT2D eigenvalue weighted by Gasteiger charge is 2.24. The number of imidazole rings is 1. The predicted molar refractivity (Wildman–Crippen MR) is 108 cm³/mol. The van der Waals surface area contributed by atoms with E-state index in [-0.39, 0.29) is 36.5 Å². The first kappa shape index (κ1) is 20.9. The molecule has 0 aliphatic heterocycles. The zero-order valence-electron chi connectivity index (χ0n) is 17.3. The van der Waals surface area contributed by atoms with E-state index in [1.54, 1.807) is 0 Å². The van der Waals surface area contributed by atoms with Crippen LogP contribution in [0.4, 0.5) is 0 Å². The SMILES string of the molecule is CCCC(=O)NC(C)c1nc2ccccc2n1CC(=O)N(C(C)C)C(C)C. The van der Waals surface area contributed by atoms with Gasteiger partial charge in [0.15, 0.2) is 0 Å². The van der Waals surface area contributed by atoms with Gasteiger partial charge in [0.05, 0.1) is 17.1 Å². The van der Waals surface area contributed by atoms with Crippen molar-refractivity contribution in [2.45, 2.75) is 79.1 Å². The maximum atomic E-state index is 13.0. The third-order valence-corrected chi connectivity index (χ3v) is 4.62. The lowest BCUT2D eigenvalue weighted by Crippen LogP contribution is -2.44. The van der Waals surface area contributed by atoms with Crippen molar-refractivity contribution in [2.24, 2.45) is 0 Å². The Morgan fingerprint density at radius 3 is 2.33 bits per heavy atom. The lowest BCUT2D eigenvalue weighted by atomic mass is 10.2. The molecule has 0 spiro atoms. The normalized spacial score (nSPS) is 12.6. The summed E-state index contributed by atoms with van der Waals surface area (Å²) < 4.78 is 1.94. The van der Waals surface area contributed by atoms with E-state index in [2.05, 4.69) is 5.32 Å². The minimum atomic E-state index is -0.268. The van der Waals surface area contributed by atoms with Gasteiger partial charge in [-0.05, 0) is 53.2 Å². The van der Waals surface area contributed by atoms with E-state index in [1.165, 1.54) is 0 Å². The smallest absolute Gasteiger partial charge is 0.243 e. The highest BCUT2D eigenvalue weighted by Crippen LogP contribution is 2.22. The zero-order valence-corrected chi connectivity index (χ0v) is 17.3. The fourth-order valence-electron chi connectivity index (χ4n) is 3.59. The summed E-state index contributed by atoms with van der Waals surface area (Å²) in [5.74, 6) is 0.763. The van der Waals surface area contributed by atoms with Gasteiger partial charge in [-0.2, -0.15) is 0 Å². The number of carbonyl (C=O) groups is 2. The summed E-state index contributed by atoms with van der Waals surface area (Å²) in [6.45, 7) is 12.2. The Labute approximate surface area is 161 Å². The summed E-state index contributed by atoms with van der Waals surface area (Å²) in [6, 6.07) is 7.75. The molecule has 6 nitrogen and oxygen atoms in total. The van der Waals surface area contributed by atoms with Crippen molar-refractivity contribution < 1.29 is 9.59 Å². The summed E-state index contributed by atoms with van der Waals surface area (Å²) in [4.78, 5) is 31.7. The molecule has 2 rings (SSSR count). The molecule has 0 saturated heterocycles. The Morgan fingerprint density at radius 2 is 1.74 bits per heavy atom. The van der Waals surface area contributed by atoms with Crippen molar-refractivity contribution in [3.63, 3.8) is 0 Å². The molecule has 1 unspecified atom stereocenters. The minimum absolute atomic E-state index is 0.000852. The second-order valence-electron chi connectivity index (χ2n) is 7.57. The molecule has 1 aromatic heterocycles. The molecule has 1 aromatic carbocycles. The number of carbonyl (C=O) groups excluding carboxylic acids is 2. The topological polar surface area (TPSA) is 67.2 Å². The van der Waals surface area contributed by atoms with Crippen molar-refractivity contribution in [1.82, 2.24) is 19.8 Å². The fourth-order valence-corrected chi connectivity index (χ4v) is 3.59. The molecule has 6 heteroatoms. The van der Waals surface area contributed by atoms with E-state index < -0.39 is 0 Å². The molecule has 1 atom stereocenters. The van der Waals surface area contributed by atoms with Crippen LogP contribution < -0.4 is 5.32 Å². The van der Waals surface area contributed by atoms with Crippen LogP contribution in [0.15, 0.2) is 24.3 Å². The molecule has 1 N–H and O–H groups in total. The number of nitrogens with one attached hydrogen (secondary N) is 1. The predicted octanol–water partition coefficient (Wildman–Crippen LogP) is 3.66. The van der Waals surface area contributed by atoms with Gasteiger partial charge in [-0.1, -0.05) is 19.1 Å². The molecule has 2 amide bonds. The molecule has 0 aliphatic carbocycles. The Balaban J connectivity index is 2.39. The van der Waals surface area contributed by atoms with E-state index in [0.29, 0.717) is 12.2 Å². The molecule has 1 heterocycles. The summed E-state index contributed by atoms with van der Waals surface area (Å²) in [5.41, 5.74) is 1.74. The van der Waals surface area contributed by atoms with Crippen LogP contribution in [0.2, 0.25) is 0 Å². The fraction of sp³-hybridized carbons (Fsp3) is 0.571. The summed E-state index contributed by atoms with van der Waals surface area (Å²) in [7, 11) is 0. The van der Waals surface area contributed by atoms with Gasteiger partial charge in [0, 0.05) is 18.5 Å². The van der Waals surface area contributed by atoms with Crippen LogP contribution >= 0.6 is 0 Å². The van der Waals surface area contributed by atoms with Crippen molar-refractivity contribution in [3.8, 4) is 0 Å². The van der Waals surface area contributed by atoms with Gasteiger partial charge in [-0.25, -0.2) is 4.98 Å². The number of aromatic nitrogens is 2. The first-order chi connectivity index (χ1) is 12.8. The Morgan fingerprint density at radius 1 is 1.11 bits per heavy atom. The highest BCUT2D eigenvalue weighted by molar-refractivity contribution is 5.82. The van der Waals surface area contributed by atoms with Crippen LogP contribution in [0.5, 0.6) is 0 Å². The summed E-state index contributed by atoms with van der Waals surface area (Å²) in [5, 5.41) is 3.00. The van der Waals surface area contributed by atoms with Crippen LogP contribution in [0.3, 0.4) is 0 Å². The molecular formula is C21H32N4O2. The lowest BCUT2D eigenvalue weighted by Gasteiger charge is -2.31. The van der Waals surface area contributed by atoms with Crippen molar-refractivity contribution in [3.05, 3.63) is 30.1 Å². The van der Waals surface area contributed by atoms with Gasteiger partial charge in [0.1, 0.15) is 12.4 Å². The molecule has 2 aromatic rings. The Bertz CT molecular complexity index is 787. The quantitative estimate of drug-likeness (QED) is 0.769. The van der Waals surface area contributed by atoms with E-state index in [9.17, 15) is 9.59 Å². The van der Waals surface area contributed by atoms with E-state index in [1.807, 2.05) is 75.3 Å². The number of benzene rings is 1. The number of amides is 2. The van der Waals surface area contributed by atoms with Crippen LogP contribution in [0.25, 0.3) is 11.0 Å². The lowest BCUT2D eigenvalue weighted by molar-refractivity contribution is -0.135. The van der Waals surface area contributed by atoms with E-state index in [4.69, 9.17) is 4.98 Å².